The molecular formula is C23H33O5P. The maximum Gasteiger partial charge on any atom is 0.524 e. The zero-order valence-corrected chi connectivity index (χ0v) is 19.5. The lowest BCUT2D eigenvalue weighted by Crippen LogP contribution is -2.15. The Balaban J connectivity index is 2.72. The van der Waals surface area contributed by atoms with Crippen molar-refractivity contribution in [3.05, 3.63) is 57.6 Å². The highest BCUT2D eigenvalue weighted by molar-refractivity contribution is 7.46. The van der Waals surface area contributed by atoms with E-state index in [0.717, 1.165) is 22.3 Å². The topological polar surface area (TPSA) is 87.0 Å². The van der Waals surface area contributed by atoms with E-state index in [9.17, 15) is 19.5 Å². The summed E-state index contributed by atoms with van der Waals surface area (Å²) in [5.74, 6) is 0.402. The molecule has 0 bridgehead atoms. The summed E-state index contributed by atoms with van der Waals surface area (Å²) in [5, 5.41) is 10.9. The van der Waals surface area contributed by atoms with Gasteiger partial charge in [0, 0.05) is 12.0 Å². The number of phosphoric acid groups is 1. The Morgan fingerprint density at radius 2 is 1.28 bits per heavy atom. The Labute approximate surface area is 174 Å². The molecule has 0 unspecified atom stereocenters. The molecule has 2 aromatic rings. The van der Waals surface area contributed by atoms with E-state index in [0.29, 0.717) is 17.5 Å². The normalized spacial score (nSPS) is 12.9. The summed E-state index contributed by atoms with van der Waals surface area (Å²) < 4.78 is 16.9. The van der Waals surface area contributed by atoms with E-state index >= 15 is 0 Å². The van der Waals surface area contributed by atoms with E-state index in [4.69, 9.17) is 4.52 Å². The fraction of sp³-hybridized carbons (Fsp3) is 0.478. The third-order valence-electron chi connectivity index (χ3n) is 4.85. The molecule has 0 fully saturated rings. The molecule has 0 amide bonds. The number of phosphoric ester groups is 1. The van der Waals surface area contributed by atoms with Crippen molar-refractivity contribution in [2.24, 2.45) is 0 Å². The summed E-state index contributed by atoms with van der Waals surface area (Å²) in [6.45, 7) is 16.0. The molecule has 0 aliphatic carbocycles. The summed E-state index contributed by atoms with van der Waals surface area (Å²) in [6.07, 6.45) is 0.302. The first-order valence-corrected chi connectivity index (χ1v) is 11.2. The van der Waals surface area contributed by atoms with Gasteiger partial charge in [0.2, 0.25) is 0 Å². The van der Waals surface area contributed by atoms with Crippen molar-refractivity contribution in [1.82, 2.24) is 0 Å². The molecule has 0 aliphatic heterocycles. The smallest absolute Gasteiger partial charge is 0.507 e. The minimum absolute atomic E-state index is 0.189. The summed E-state index contributed by atoms with van der Waals surface area (Å²) in [4.78, 5) is 19.0. The van der Waals surface area contributed by atoms with Crippen LogP contribution in [0.5, 0.6) is 11.5 Å². The number of benzene rings is 2. The van der Waals surface area contributed by atoms with Crippen molar-refractivity contribution in [3.63, 3.8) is 0 Å². The highest BCUT2D eigenvalue weighted by Gasteiger charge is 2.28. The van der Waals surface area contributed by atoms with Gasteiger partial charge in [0.1, 0.15) is 11.5 Å². The first-order valence-electron chi connectivity index (χ1n) is 9.71. The highest BCUT2D eigenvalue weighted by atomic mass is 31.2. The van der Waals surface area contributed by atoms with Crippen LogP contribution in [0.4, 0.5) is 0 Å². The van der Waals surface area contributed by atoms with Crippen molar-refractivity contribution in [2.75, 3.05) is 0 Å². The van der Waals surface area contributed by atoms with Gasteiger partial charge in [0.05, 0.1) is 0 Å². The maximum absolute atomic E-state index is 11.7. The quantitative estimate of drug-likeness (QED) is 0.555. The van der Waals surface area contributed by atoms with Crippen LogP contribution < -0.4 is 4.52 Å². The van der Waals surface area contributed by atoms with Gasteiger partial charge in [-0.1, -0.05) is 76.9 Å². The molecule has 6 heteroatoms. The van der Waals surface area contributed by atoms with Crippen LogP contribution >= 0.6 is 7.82 Å². The molecule has 3 N–H and O–H groups in total. The summed E-state index contributed by atoms with van der Waals surface area (Å²) in [6, 6.07) is 7.64. The summed E-state index contributed by atoms with van der Waals surface area (Å²) in [5.41, 5.74) is 4.27. The first kappa shape index (κ1) is 23.5. The van der Waals surface area contributed by atoms with Gasteiger partial charge in [-0.3, -0.25) is 9.79 Å². The average Bonchev–Trinajstić information content (AvgIpc) is 2.49. The monoisotopic (exact) mass is 420 g/mol. The van der Waals surface area contributed by atoms with Gasteiger partial charge < -0.3 is 9.63 Å². The number of phenols is 1. The zero-order valence-electron chi connectivity index (χ0n) is 18.6. The summed E-state index contributed by atoms with van der Waals surface area (Å²) >= 11 is 0. The summed E-state index contributed by atoms with van der Waals surface area (Å²) in [7, 11) is -4.75. The molecule has 0 saturated heterocycles. The van der Waals surface area contributed by atoms with Crippen molar-refractivity contribution < 1.29 is 24.0 Å². The molecule has 2 rings (SSSR count). The molecule has 0 saturated carbocycles. The average molecular weight is 420 g/mol. The van der Waals surface area contributed by atoms with Crippen molar-refractivity contribution in [2.45, 2.75) is 72.6 Å². The number of hydrogen-bond donors (Lipinski definition) is 3. The molecule has 2 aromatic carbocycles. The minimum atomic E-state index is -4.75. The second kappa shape index (κ2) is 7.79. The minimum Gasteiger partial charge on any atom is -0.507 e. The van der Waals surface area contributed by atoms with Crippen LogP contribution in [0.25, 0.3) is 0 Å². The van der Waals surface area contributed by atoms with Gasteiger partial charge in [-0.2, -0.15) is 0 Å². The van der Waals surface area contributed by atoms with Crippen LogP contribution in [0.15, 0.2) is 24.3 Å². The lowest BCUT2D eigenvalue weighted by molar-refractivity contribution is 0.280. The molecule has 0 heterocycles. The van der Waals surface area contributed by atoms with Crippen molar-refractivity contribution >= 4 is 7.82 Å². The van der Waals surface area contributed by atoms with Crippen LogP contribution in [-0.2, 0) is 21.8 Å². The van der Waals surface area contributed by atoms with Crippen LogP contribution in [0.2, 0.25) is 0 Å². The number of aromatic hydroxyl groups is 1. The second-order valence-corrected chi connectivity index (χ2v) is 11.0. The van der Waals surface area contributed by atoms with Gasteiger partial charge >= 0.3 is 7.82 Å². The predicted octanol–water partition coefficient (Wildman–Crippen LogP) is 5.67. The highest BCUT2D eigenvalue weighted by Crippen LogP contribution is 2.46. The SMILES string of the molecule is Cc1cc(Cc2cc(C)cc(C(C)(C)C)c2OP(=O)(O)O)c(O)c(C(C)(C)C)c1. The van der Waals surface area contributed by atoms with Crippen LogP contribution in [0.3, 0.4) is 0 Å². The van der Waals surface area contributed by atoms with E-state index in [1.807, 2.05) is 79.7 Å². The van der Waals surface area contributed by atoms with E-state index in [2.05, 4.69) is 0 Å². The number of rotatable bonds is 4. The zero-order chi connectivity index (χ0) is 22.4. The molecule has 0 aliphatic rings. The second-order valence-electron chi connectivity index (χ2n) is 9.88. The number of hydrogen-bond acceptors (Lipinski definition) is 3. The third-order valence-corrected chi connectivity index (χ3v) is 5.27. The van der Waals surface area contributed by atoms with Crippen molar-refractivity contribution in [1.29, 1.82) is 0 Å². The lowest BCUT2D eigenvalue weighted by Gasteiger charge is -2.26. The molecule has 0 radical (unpaired) electrons. The Kier molecular flexibility index (Phi) is 6.30. The van der Waals surface area contributed by atoms with Gasteiger partial charge in [0.15, 0.2) is 0 Å². The first-order chi connectivity index (χ1) is 13.0. The Hall–Kier alpha value is -1.81. The van der Waals surface area contributed by atoms with E-state index < -0.39 is 7.82 Å². The maximum atomic E-state index is 11.7. The van der Waals surface area contributed by atoms with E-state index in [1.165, 1.54) is 0 Å². The fourth-order valence-corrected chi connectivity index (χ4v) is 3.98. The fourth-order valence-electron chi connectivity index (χ4n) is 3.53. The number of aryl methyl sites for hydroxylation is 2. The van der Waals surface area contributed by atoms with E-state index in [1.54, 1.807) is 0 Å². The van der Waals surface area contributed by atoms with Gasteiger partial charge in [-0.05, 0) is 41.4 Å². The largest absolute Gasteiger partial charge is 0.524 e. The Morgan fingerprint density at radius 1 is 0.828 bits per heavy atom. The van der Waals surface area contributed by atoms with Crippen molar-refractivity contribution in [3.8, 4) is 11.5 Å². The Morgan fingerprint density at radius 3 is 1.72 bits per heavy atom. The molecule has 29 heavy (non-hydrogen) atoms. The molecular weight excluding hydrogens is 387 g/mol. The van der Waals surface area contributed by atoms with Crippen LogP contribution in [0.1, 0.15) is 74.9 Å². The van der Waals surface area contributed by atoms with Gasteiger partial charge in [-0.15, -0.1) is 0 Å². The van der Waals surface area contributed by atoms with Gasteiger partial charge in [-0.25, -0.2) is 4.57 Å². The molecule has 0 atom stereocenters. The molecule has 0 spiro atoms. The third kappa shape index (κ3) is 5.85. The molecule has 0 aromatic heterocycles. The van der Waals surface area contributed by atoms with E-state index in [-0.39, 0.29) is 22.3 Å². The lowest BCUT2D eigenvalue weighted by atomic mass is 9.81. The van der Waals surface area contributed by atoms with Crippen LogP contribution in [-0.4, -0.2) is 14.9 Å². The molecule has 160 valence electrons. The Bertz CT molecular complexity index is 959. The standard InChI is InChI=1S/C23H33O5P/c1-14-9-16(20(24)18(11-14)22(3,4)5)13-17-10-15(2)12-19(23(6,7)8)21(17)28-29(25,26)27/h9-12,24H,13H2,1-8H3,(H2,25,26,27). The van der Waals surface area contributed by atoms with Gasteiger partial charge in [0.25, 0.3) is 0 Å². The number of phenolic OH excluding ortho intramolecular Hbond substituents is 1. The molecule has 5 nitrogen and oxygen atoms in total. The van der Waals surface area contributed by atoms with Crippen LogP contribution in [0, 0.1) is 13.8 Å². The predicted molar refractivity (Wildman–Crippen MR) is 117 cm³/mol.